The quantitative estimate of drug-likeness (QED) is 0.640. The molecule has 0 saturated heterocycles. The Balaban J connectivity index is 0.000000331. The molecule has 0 aliphatic heterocycles. The fraction of sp³-hybridized carbons (Fsp3) is 0.385. The molecule has 0 aromatic carbocycles. The molecule has 1 aliphatic rings. The Morgan fingerprint density at radius 3 is 1.00 bits per heavy atom. The van der Waals surface area contributed by atoms with Crippen LogP contribution in [0.25, 0.3) is 0 Å². The second-order valence-electron chi connectivity index (χ2n) is 4.15. The van der Waals surface area contributed by atoms with Crippen LogP contribution in [0.5, 0.6) is 0 Å². The second-order valence-corrected chi connectivity index (χ2v) is 7.71. The van der Waals surface area contributed by atoms with E-state index in [0.29, 0.717) is 8.42 Å². The maximum Gasteiger partial charge on any atom is 3.00 e. The van der Waals surface area contributed by atoms with Gasteiger partial charge in [0.25, 0.3) is 0 Å². The minimum Gasteiger partial charge on any atom is -0.429 e. The van der Waals surface area contributed by atoms with E-state index in [9.17, 15) is 4.79 Å². The van der Waals surface area contributed by atoms with Gasteiger partial charge in [0, 0.05) is 0 Å². The molecular weight excluding hydrogens is 359 g/mol. The van der Waals surface area contributed by atoms with Crippen LogP contribution in [0, 0.1) is 29.6 Å². The maximum atomic E-state index is 10.4. The third kappa shape index (κ3) is 4.93. The third-order valence-corrected chi connectivity index (χ3v) is 6.37. The minimum absolute atomic E-state index is 0. The summed E-state index contributed by atoms with van der Waals surface area (Å²) in [5.41, 5.74) is 0. The van der Waals surface area contributed by atoms with E-state index in [-0.39, 0.29) is 20.8 Å². The Labute approximate surface area is 145 Å². The monoisotopic (exact) mass is 374 g/mol. The summed E-state index contributed by atoms with van der Waals surface area (Å²) in [7, 11) is 0. The van der Waals surface area contributed by atoms with E-state index in [1.807, 2.05) is 0 Å². The molecule has 1 aromatic rings. The summed E-state index contributed by atoms with van der Waals surface area (Å²) in [6, 6.07) is 0. The molecule has 0 atom stereocenters. The van der Waals surface area contributed by atoms with E-state index in [1.54, 1.807) is 0 Å². The van der Waals surface area contributed by atoms with Crippen molar-refractivity contribution in [3.05, 3.63) is 38.4 Å². The van der Waals surface area contributed by atoms with Crippen LogP contribution >= 0.6 is 22.7 Å². The van der Waals surface area contributed by atoms with Gasteiger partial charge in [-0.25, -0.2) is 0 Å². The van der Waals surface area contributed by atoms with Gasteiger partial charge in [-0.1, -0.05) is 34.6 Å². The SMILES string of the molecule is C[C]1[C](C)[C](C)[C](C)[C]1C.O=c1sc([S-])c([S-])s1.[Co+3]. The first-order chi connectivity index (χ1) is 8.25. The average molecular weight is 374 g/mol. The van der Waals surface area contributed by atoms with Crippen molar-refractivity contribution in [1.82, 2.24) is 0 Å². The number of hydrogen-bond acceptors (Lipinski definition) is 5. The van der Waals surface area contributed by atoms with E-state index in [4.69, 9.17) is 25.3 Å². The van der Waals surface area contributed by atoms with Crippen molar-refractivity contribution >= 4 is 47.9 Å². The van der Waals surface area contributed by atoms with Crippen molar-refractivity contribution in [2.75, 3.05) is 0 Å². The third-order valence-electron chi connectivity index (χ3n) is 3.33. The largest absolute Gasteiger partial charge is 3.00 e. The zero-order valence-electron chi connectivity index (χ0n) is 11.4. The van der Waals surface area contributed by atoms with Crippen LogP contribution < -0.4 is 4.06 Å². The molecule has 0 unspecified atom stereocenters. The molecule has 19 heavy (non-hydrogen) atoms. The number of hydrogen-bond donors (Lipinski definition) is 0. The van der Waals surface area contributed by atoms with Crippen LogP contribution in [-0.4, -0.2) is 0 Å². The summed E-state index contributed by atoms with van der Waals surface area (Å²) in [6.07, 6.45) is 0. The van der Waals surface area contributed by atoms with Crippen LogP contribution in [0.15, 0.2) is 13.2 Å². The molecule has 2 rings (SSSR count). The van der Waals surface area contributed by atoms with E-state index < -0.39 is 0 Å². The summed E-state index contributed by atoms with van der Waals surface area (Å²) < 4.78 is 1.10. The van der Waals surface area contributed by atoms with Crippen LogP contribution in [0.4, 0.5) is 0 Å². The Morgan fingerprint density at radius 2 is 0.895 bits per heavy atom. The van der Waals surface area contributed by atoms with E-state index in [2.05, 4.69) is 34.6 Å². The Kier molecular flexibility index (Phi) is 8.64. The predicted molar refractivity (Wildman–Crippen MR) is 84.3 cm³/mol. The summed E-state index contributed by atoms with van der Waals surface area (Å²) in [6.45, 7) is 11.0. The minimum atomic E-state index is 0. The molecule has 0 bridgehead atoms. The molecule has 1 aromatic heterocycles. The summed E-state index contributed by atoms with van der Waals surface area (Å²) >= 11 is 11.5. The topological polar surface area (TPSA) is 17.1 Å². The smallest absolute Gasteiger partial charge is 0.429 e. The van der Waals surface area contributed by atoms with E-state index in [1.165, 1.54) is 29.6 Å². The van der Waals surface area contributed by atoms with Crippen LogP contribution in [0.2, 0.25) is 0 Å². The molecule has 1 saturated carbocycles. The Morgan fingerprint density at radius 1 is 0.684 bits per heavy atom. The van der Waals surface area contributed by atoms with Crippen molar-refractivity contribution < 1.29 is 16.8 Å². The van der Waals surface area contributed by atoms with Gasteiger partial charge < -0.3 is 52.7 Å². The molecule has 1 aliphatic carbocycles. The van der Waals surface area contributed by atoms with Crippen LogP contribution in [0.3, 0.4) is 0 Å². The van der Waals surface area contributed by atoms with Gasteiger partial charge in [-0.05, 0) is 29.6 Å². The van der Waals surface area contributed by atoms with E-state index in [0.717, 1.165) is 22.7 Å². The van der Waals surface area contributed by atoms with Gasteiger partial charge in [-0.3, -0.25) is 0 Å². The molecule has 105 valence electrons. The van der Waals surface area contributed by atoms with Crippen molar-refractivity contribution in [3.8, 4) is 0 Å². The molecule has 0 spiro atoms. The molecule has 6 heteroatoms. The van der Waals surface area contributed by atoms with Gasteiger partial charge >= 0.3 is 16.8 Å². The van der Waals surface area contributed by atoms with Gasteiger partial charge in [0.05, 0.1) is 0 Å². The fourth-order valence-electron chi connectivity index (χ4n) is 1.66. The van der Waals surface area contributed by atoms with Gasteiger partial charge in [0.1, 0.15) is 4.06 Å². The standard InChI is InChI=1S/C10H15.C3H2OS4.Co/c1-6-7(2)9(4)10(5)8(6)3;4-3-7-1(5)2(6)8-3;/h1-5H3;5-6H;/q;;+3/p-2. The molecule has 1 fully saturated rings. The Bertz CT molecular complexity index is 375. The summed E-state index contributed by atoms with van der Waals surface area (Å²) in [4.78, 5) is 10.4. The first kappa shape index (κ1) is 19.8. The molecule has 5 radical (unpaired) electrons. The van der Waals surface area contributed by atoms with Crippen molar-refractivity contribution in [2.45, 2.75) is 43.0 Å². The second kappa shape index (κ2) is 8.29. The van der Waals surface area contributed by atoms with E-state index >= 15 is 0 Å². The Hall–Kier alpha value is 0.796. The van der Waals surface area contributed by atoms with Gasteiger partial charge in [-0.2, -0.15) is 0 Å². The van der Waals surface area contributed by atoms with Crippen molar-refractivity contribution in [2.24, 2.45) is 0 Å². The van der Waals surface area contributed by atoms with Crippen molar-refractivity contribution in [1.29, 1.82) is 0 Å². The van der Waals surface area contributed by atoms with Crippen LogP contribution in [0.1, 0.15) is 34.6 Å². The summed E-state index contributed by atoms with van der Waals surface area (Å²) in [5, 5.41) is 0. The average Bonchev–Trinajstić information content (AvgIpc) is 2.69. The van der Waals surface area contributed by atoms with Gasteiger partial charge in [-0.15, -0.1) is 8.42 Å². The maximum absolute atomic E-state index is 10.4. The molecule has 1 heterocycles. The normalized spacial score (nSPS) is 19.0. The van der Waals surface area contributed by atoms with Crippen molar-refractivity contribution in [3.63, 3.8) is 0 Å². The zero-order valence-corrected chi connectivity index (χ0v) is 15.7. The first-order valence-corrected chi connectivity index (χ1v) is 7.88. The summed E-state index contributed by atoms with van der Waals surface area (Å²) in [5.74, 6) is 7.34. The van der Waals surface area contributed by atoms with Gasteiger partial charge in [0.2, 0.25) is 0 Å². The molecule has 1 nitrogen and oxygen atoms in total. The molecule has 0 amide bonds. The predicted octanol–water partition coefficient (Wildman–Crippen LogP) is 3.95. The fourth-order valence-corrected chi connectivity index (χ4v) is 4.07. The molecular formula is C13H15CoOS4+. The van der Waals surface area contributed by atoms with Gasteiger partial charge in [0.15, 0.2) is 0 Å². The first-order valence-electron chi connectivity index (χ1n) is 5.43. The number of rotatable bonds is 0. The molecule has 0 N–H and O–H groups in total. The zero-order chi connectivity index (χ0) is 14.0. The van der Waals surface area contributed by atoms with Crippen LogP contribution in [-0.2, 0) is 42.0 Å².